The molecule has 0 aromatic rings. The van der Waals surface area contributed by atoms with E-state index in [1.54, 1.807) is 6.92 Å². The number of carbonyl (C=O) groups is 1. The maximum absolute atomic E-state index is 11.0. The molecule has 0 bridgehead atoms. The molecule has 0 aromatic heterocycles. The van der Waals surface area contributed by atoms with Gasteiger partial charge in [0.25, 0.3) is 0 Å². The first-order valence-corrected chi connectivity index (χ1v) is 4.23. The van der Waals surface area contributed by atoms with Crippen LogP contribution in [-0.2, 0) is 4.79 Å². The van der Waals surface area contributed by atoms with Gasteiger partial charge >= 0.3 is 0 Å². The number of rotatable bonds is 1. The average molecular weight is 170 g/mol. The first kappa shape index (κ1) is 9.52. The number of carbonyl (C=O) groups excluding carboxylic acids is 1. The van der Waals surface area contributed by atoms with Crippen LogP contribution in [0.15, 0.2) is 0 Å². The number of aliphatic hydroxyl groups is 1. The van der Waals surface area contributed by atoms with Gasteiger partial charge in [-0.1, -0.05) is 6.92 Å². The van der Waals surface area contributed by atoms with Crippen LogP contribution in [0, 0.1) is 12.3 Å². The third-order valence-corrected chi connectivity index (χ3v) is 2.68. The molecule has 69 valence electrons. The fourth-order valence-electron chi connectivity index (χ4n) is 1.92. The zero-order valence-corrected chi connectivity index (χ0v) is 7.47. The van der Waals surface area contributed by atoms with E-state index in [2.05, 4.69) is 6.92 Å². The first-order chi connectivity index (χ1) is 5.36. The van der Waals surface area contributed by atoms with Gasteiger partial charge in [0, 0.05) is 5.41 Å². The maximum atomic E-state index is 11.0. The largest absolute Gasteiger partial charge is 0.390 e. The summed E-state index contributed by atoms with van der Waals surface area (Å²) in [5, 5.41) is 9.64. The molecule has 12 heavy (non-hydrogen) atoms. The Balaban J connectivity index is 2.74. The van der Waals surface area contributed by atoms with Gasteiger partial charge in [0.2, 0.25) is 5.91 Å². The summed E-state index contributed by atoms with van der Waals surface area (Å²) < 4.78 is 0. The van der Waals surface area contributed by atoms with Gasteiger partial charge in [-0.2, -0.15) is 0 Å². The Hall–Kier alpha value is -0.570. The van der Waals surface area contributed by atoms with Crippen LogP contribution >= 0.6 is 0 Å². The Morgan fingerprint density at radius 2 is 2.17 bits per heavy atom. The van der Waals surface area contributed by atoms with E-state index in [9.17, 15) is 9.90 Å². The molecule has 3 nitrogen and oxygen atoms in total. The zero-order chi connectivity index (χ0) is 9.41. The second kappa shape index (κ2) is 2.73. The second-order valence-electron chi connectivity index (χ2n) is 4.18. The van der Waals surface area contributed by atoms with Gasteiger partial charge in [-0.15, -0.1) is 0 Å². The molecule has 1 radical (unpaired) electrons. The highest BCUT2D eigenvalue weighted by Crippen LogP contribution is 2.40. The summed E-state index contributed by atoms with van der Waals surface area (Å²) in [7, 11) is 0. The average Bonchev–Trinajstić information content (AvgIpc) is 1.83. The van der Waals surface area contributed by atoms with Gasteiger partial charge in [0.05, 0.1) is 5.60 Å². The fourth-order valence-corrected chi connectivity index (χ4v) is 1.92. The zero-order valence-electron chi connectivity index (χ0n) is 7.47. The number of nitrogens with two attached hydrogens (primary N) is 1. The lowest BCUT2D eigenvalue weighted by atomic mass is 9.69. The highest BCUT2D eigenvalue weighted by molar-refractivity contribution is 5.80. The molecule has 3 heteroatoms. The Labute approximate surface area is 72.9 Å². The van der Waals surface area contributed by atoms with E-state index in [1.165, 1.54) is 0 Å². The molecule has 1 rings (SSSR count). The minimum Gasteiger partial charge on any atom is -0.390 e. The number of hydrogen-bond acceptors (Lipinski definition) is 2. The van der Waals surface area contributed by atoms with E-state index in [0.717, 1.165) is 12.8 Å². The molecule has 0 aliphatic heterocycles. The lowest BCUT2D eigenvalue weighted by Gasteiger charge is -2.39. The molecule has 0 aromatic carbocycles. The topological polar surface area (TPSA) is 63.3 Å². The van der Waals surface area contributed by atoms with Crippen molar-refractivity contribution in [2.45, 2.75) is 38.2 Å². The summed E-state index contributed by atoms with van der Waals surface area (Å²) in [4.78, 5) is 11.0. The Morgan fingerprint density at radius 1 is 1.58 bits per heavy atom. The summed E-state index contributed by atoms with van der Waals surface area (Å²) in [5.41, 5.74) is 3.73. The van der Waals surface area contributed by atoms with Crippen LogP contribution in [0.25, 0.3) is 0 Å². The van der Waals surface area contributed by atoms with Gasteiger partial charge in [-0.25, -0.2) is 0 Å². The van der Waals surface area contributed by atoms with Crippen LogP contribution in [-0.4, -0.2) is 16.6 Å². The Morgan fingerprint density at radius 3 is 2.50 bits per heavy atom. The minimum atomic E-state index is -0.956. The molecule has 1 fully saturated rings. The van der Waals surface area contributed by atoms with Crippen LogP contribution in [0.5, 0.6) is 0 Å². The molecule has 0 spiro atoms. The van der Waals surface area contributed by atoms with Crippen molar-refractivity contribution in [2.24, 2.45) is 11.1 Å². The highest BCUT2D eigenvalue weighted by atomic mass is 16.3. The van der Waals surface area contributed by atoms with Crippen molar-refractivity contribution in [1.82, 2.24) is 0 Å². The summed E-state index contributed by atoms with van der Waals surface area (Å²) in [6.45, 7) is 5.45. The third kappa shape index (κ3) is 1.78. The van der Waals surface area contributed by atoms with Gasteiger partial charge in [-0.05, 0) is 32.6 Å². The van der Waals surface area contributed by atoms with Gasteiger partial charge < -0.3 is 10.8 Å². The van der Waals surface area contributed by atoms with Crippen molar-refractivity contribution in [3.63, 3.8) is 0 Å². The van der Waals surface area contributed by atoms with Crippen LogP contribution in [0.4, 0.5) is 0 Å². The molecule has 1 amide bonds. The lowest BCUT2D eigenvalue weighted by Crippen LogP contribution is -2.45. The van der Waals surface area contributed by atoms with Crippen LogP contribution < -0.4 is 5.73 Å². The molecule has 0 heterocycles. The molecule has 2 unspecified atom stereocenters. The molecule has 1 saturated carbocycles. The Bertz CT molecular complexity index is 201. The highest BCUT2D eigenvalue weighted by Gasteiger charge is 2.41. The van der Waals surface area contributed by atoms with E-state index in [4.69, 9.17) is 5.73 Å². The molecule has 0 saturated heterocycles. The number of amides is 1. The second-order valence-corrected chi connectivity index (χ2v) is 4.18. The van der Waals surface area contributed by atoms with Crippen molar-refractivity contribution in [1.29, 1.82) is 0 Å². The van der Waals surface area contributed by atoms with Gasteiger partial charge in [0.15, 0.2) is 0 Å². The summed E-state index contributed by atoms with van der Waals surface area (Å²) in [5.74, 6) is -0.329. The lowest BCUT2D eigenvalue weighted by molar-refractivity contribution is -0.133. The van der Waals surface area contributed by atoms with E-state index >= 15 is 0 Å². The number of hydrogen-bond donors (Lipinski definition) is 2. The molecular weight excluding hydrogens is 154 g/mol. The molecule has 1 aliphatic rings. The quantitative estimate of drug-likeness (QED) is 0.606. The smallest absolute Gasteiger partial charge is 0.223 e. The first-order valence-electron chi connectivity index (χ1n) is 4.23. The predicted octanol–water partition coefficient (Wildman–Crippen LogP) is 0.617. The van der Waals surface area contributed by atoms with Crippen molar-refractivity contribution < 1.29 is 9.90 Å². The van der Waals surface area contributed by atoms with Gasteiger partial charge in [-0.3, -0.25) is 4.79 Å². The summed E-state index contributed by atoms with van der Waals surface area (Å²) >= 11 is 0. The monoisotopic (exact) mass is 170 g/mol. The fraction of sp³-hybridized carbons (Fsp3) is 0.778. The summed E-state index contributed by atoms with van der Waals surface area (Å²) in [6.07, 6.45) is 2.63. The van der Waals surface area contributed by atoms with Crippen molar-refractivity contribution in [2.75, 3.05) is 0 Å². The molecule has 3 N–H and O–H groups in total. The predicted molar refractivity (Wildman–Crippen MR) is 46.1 cm³/mol. The van der Waals surface area contributed by atoms with Gasteiger partial charge in [0.1, 0.15) is 0 Å². The van der Waals surface area contributed by atoms with E-state index in [-0.39, 0.29) is 5.91 Å². The minimum absolute atomic E-state index is 0.329. The van der Waals surface area contributed by atoms with Crippen molar-refractivity contribution in [3.8, 4) is 0 Å². The SMILES string of the molecule is [CH2]C1(O)CCCC(C)(C(N)=O)C1. The van der Waals surface area contributed by atoms with E-state index in [1.807, 2.05) is 0 Å². The third-order valence-electron chi connectivity index (χ3n) is 2.68. The number of primary amides is 1. The van der Waals surface area contributed by atoms with Crippen LogP contribution in [0.1, 0.15) is 32.6 Å². The normalized spacial score (nSPS) is 42.6. The van der Waals surface area contributed by atoms with E-state index in [0.29, 0.717) is 12.8 Å². The maximum Gasteiger partial charge on any atom is 0.223 e. The molecule has 1 aliphatic carbocycles. The van der Waals surface area contributed by atoms with Crippen molar-refractivity contribution >= 4 is 5.91 Å². The van der Waals surface area contributed by atoms with Crippen molar-refractivity contribution in [3.05, 3.63) is 6.92 Å². The Kier molecular flexibility index (Phi) is 2.17. The van der Waals surface area contributed by atoms with E-state index < -0.39 is 11.0 Å². The molecular formula is C9H16NO2. The van der Waals surface area contributed by atoms with Crippen LogP contribution in [0.3, 0.4) is 0 Å². The molecule has 2 atom stereocenters. The van der Waals surface area contributed by atoms with Crippen LogP contribution in [0.2, 0.25) is 0 Å². The standard InChI is InChI=1S/C9H16NO2/c1-8(7(10)11)4-3-5-9(2,12)6-8/h12H,2-6H2,1H3,(H2,10,11). The summed E-state index contributed by atoms with van der Waals surface area (Å²) in [6, 6.07) is 0.